The molecule has 0 spiro atoms. The smallest absolute Gasteiger partial charge is 0.296 e. The Morgan fingerprint density at radius 1 is 1.18 bits per heavy atom. The van der Waals surface area contributed by atoms with Crippen LogP contribution in [-0.4, -0.2) is 33.6 Å². The predicted octanol–water partition coefficient (Wildman–Crippen LogP) is 6.44. The first-order valence-electron chi connectivity index (χ1n) is 12.2. The zero-order valence-electron chi connectivity index (χ0n) is 21.1. The van der Waals surface area contributed by atoms with Crippen LogP contribution in [0, 0.1) is 12.7 Å². The number of hydrogen-bond donors (Lipinski definition) is 1. The van der Waals surface area contributed by atoms with Crippen molar-refractivity contribution in [3.05, 3.63) is 100 Å². The second kappa shape index (κ2) is 11.4. The molecule has 1 unspecified atom stereocenters. The fraction of sp³-hybridized carbons (Fsp3) is 0.214. The van der Waals surface area contributed by atoms with Gasteiger partial charge >= 0.3 is 0 Å². The van der Waals surface area contributed by atoms with E-state index in [9.17, 15) is 19.1 Å². The molecule has 0 fully saturated rings. The molecule has 3 heterocycles. The van der Waals surface area contributed by atoms with Gasteiger partial charge in [-0.1, -0.05) is 54.3 Å². The average Bonchev–Trinajstić information content (AvgIpc) is 3.65. The van der Waals surface area contributed by atoms with Crippen molar-refractivity contribution in [1.82, 2.24) is 10.2 Å². The third kappa shape index (κ3) is 5.59. The Hall–Kier alpha value is -3.96. The van der Waals surface area contributed by atoms with E-state index in [-0.39, 0.29) is 22.3 Å². The molecular weight excluding hydrogens is 541 g/mol. The van der Waals surface area contributed by atoms with Gasteiger partial charge in [0, 0.05) is 5.75 Å². The van der Waals surface area contributed by atoms with Gasteiger partial charge in [0.1, 0.15) is 17.3 Å². The number of rotatable bonds is 10. The molecule has 0 saturated carbocycles. The van der Waals surface area contributed by atoms with Gasteiger partial charge in [-0.15, -0.1) is 10.2 Å². The summed E-state index contributed by atoms with van der Waals surface area (Å²) in [6.07, 6.45) is 0.809. The number of aryl methyl sites for hydroxylation is 1. The minimum Gasteiger partial charge on any atom is -0.503 e. The minimum atomic E-state index is -0.983. The number of ether oxygens (including phenoxy) is 1. The van der Waals surface area contributed by atoms with Gasteiger partial charge < -0.3 is 14.3 Å². The lowest BCUT2D eigenvalue weighted by molar-refractivity contribution is -0.117. The molecule has 1 atom stereocenters. The van der Waals surface area contributed by atoms with Crippen molar-refractivity contribution in [2.45, 2.75) is 36.4 Å². The van der Waals surface area contributed by atoms with E-state index in [0.717, 1.165) is 23.3 Å². The SMILES string of the molecule is CCCOc1cccc(C2C(C(=O)c3ccc(C)o3)=C(O)C(=O)N2c2nnc(SCc3ccc(F)cc3)s2)c1. The number of hydrogen-bond acceptors (Lipinski definition) is 9. The van der Waals surface area contributed by atoms with Crippen LogP contribution in [0.15, 0.2) is 80.8 Å². The molecule has 1 N–H and O–H groups in total. The van der Waals surface area contributed by atoms with Crippen LogP contribution in [0.5, 0.6) is 5.75 Å². The lowest BCUT2D eigenvalue weighted by Gasteiger charge is -2.24. The normalized spacial score (nSPS) is 15.3. The van der Waals surface area contributed by atoms with Gasteiger partial charge in [-0.05, 0) is 60.9 Å². The van der Waals surface area contributed by atoms with Crippen LogP contribution in [0.3, 0.4) is 0 Å². The molecule has 0 radical (unpaired) electrons. The number of halogens is 1. The molecule has 1 aliphatic rings. The molecule has 0 saturated heterocycles. The number of thioether (sulfide) groups is 1. The van der Waals surface area contributed by atoms with Crippen LogP contribution < -0.4 is 9.64 Å². The summed E-state index contributed by atoms with van der Waals surface area (Å²) in [6.45, 7) is 4.20. The molecule has 1 aliphatic heterocycles. The molecule has 4 aromatic rings. The van der Waals surface area contributed by atoms with Crippen molar-refractivity contribution < 1.29 is 28.2 Å². The fourth-order valence-corrected chi connectivity index (χ4v) is 5.94. The van der Waals surface area contributed by atoms with Crippen molar-refractivity contribution in [3.8, 4) is 5.75 Å². The Kier molecular flexibility index (Phi) is 7.80. The summed E-state index contributed by atoms with van der Waals surface area (Å²) in [5, 5.41) is 19.6. The van der Waals surface area contributed by atoms with Gasteiger partial charge in [0.05, 0.1) is 18.2 Å². The molecule has 0 aliphatic carbocycles. The van der Waals surface area contributed by atoms with E-state index in [1.54, 1.807) is 49.4 Å². The zero-order chi connectivity index (χ0) is 27.5. The second-order valence-corrected chi connectivity index (χ2v) is 10.9. The van der Waals surface area contributed by atoms with Crippen molar-refractivity contribution >= 4 is 39.9 Å². The molecule has 1 amide bonds. The van der Waals surface area contributed by atoms with Crippen molar-refractivity contribution in [1.29, 1.82) is 0 Å². The number of ketones is 1. The van der Waals surface area contributed by atoms with Gasteiger partial charge in [-0.3, -0.25) is 14.5 Å². The van der Waals surface area contributed by atoms with Gasteiger partial charge in [0.15, 0.2) is 15.9 Å². The monoisotopic (exact) mass is 565 g/mol. The number of carbonyl (C=O) groups excluding carboxylic acids is 2. The number of anilines is 1. The summed E-state index contributed by atoms with van der Waals surface area (Å²) in [6, 6.07) is 15.4. The second-order valence-electron chi connectivity index (χ2n) is 8.77. The Labute approximate surface area is 232 Å². The van der Waals surface area contributed by atoms with Crippen molar-refractivity contribution in [2.24, 2.45) is 0 Å². The van der Waals surface area contributed by atoms with Crippen LogP contribution in [0.1, 0.15) is 46.8 Å². The molecule has 11 heteroatoms. The third-order valence-corrected chi connectivity index (χ3v) is 8.07. The molecule has 200 valence electrons. The Morgan fingerprint density at radius 2 is 1.97 bits per heavy atom. The highest BCUT2D eigenvalue weighted by Crippen LogP contribution is 2.44. The zero-order valence-corrected chi connectivity index (χ0v) is 22.7. The third-order valence-electron chi connectivity index (χ3n) is 5.94. The Morgan fingerprint density at radius 3 is 2.69 bits per heavy atom. The van der Waals surface area contributed by atoms with Gasteiger partial charge in [-0.25, -0.2) is 4.39 Å². The molecular formula is C28H24FN3O5S2. The van der Waals surface area contributed by atoms with E-state index in [4.69, 9.17) is 9.15 Å². The number of carbonyl (C=O) groups is 2. The first-order valence-corrected chi connectivity index (χ1v) is 14.0. The van der Waals surface area contributed by atoms with Gasteiger partial charge in [0.25, 0.3) is 5.91 Å². The summed E-state index contributed by atoms with van der Waals surface area (Å²) in [4.78, 5) is 28.2. The number of nitrogens with zero attached hydrogens (tertiary/aromatic N) is 3. The largest absolute Gasteiger partial charge is 0.503 e. The summed E-state index contributed by atoms with van der Waals surface area (Å²) < 4.78 is 25.1. The Balaban J connectivity index is 1.50. The maximum Gasteiger partial charge on any atom is 0.296 e. The average molecular weight is 566 g/mol. The molecule has 39 heavy (non-hydrogen) atoms. The molecule has 2 aromatic heterocycles. The lowest BCUT2D eigenvalue weighted by Crippen LogP contribution is -2.31. The van der Waals surface area contributed by atoms with E-state index in [1.165, 1.54) is 34.9 Å². The maximum absolute atomic E-state index is 13.5. The maximum atomic E-state index is 13.5. The number of Topliss-reactive ketones (excluding diaryl/α,β-unsaturated/α-hetero) is 1. The van der Waals surface area contributed by atoms with Crippen LogP contribution in [0.4, 0.5) is 9.52 Å². The summed E-state index contributed by atoms with van der Waals surface area (Å²) in [5.74, 6) is -0.718. The first-order chi connectivity index (χ1) is 18.9. The summed E-state index contributed by atoms with van der Waals surface area (Å²) in [7, 11) is 0. The van der Waals surface area contributed by atoms with E-state index < -0.39 is 23.5 Å². The van der Waals surface area contributed by atoms with E-state index in [2.05, 4.69) is 10.2 Å². The molecule has 8 nitrogen and oxygen atoms in total. The van der Waals surface area contributed by atoms with Crippen LogP contribution in [-0.2, 0) is 10.5 Å². The number of amides is 1. The summed E-state index contributed by atoms with van der Waals surface area (Å²) >= 11 is 2.54. The quantitative estimate of drug-likeness (QED) is 0.133. The first kappa shape index (κ1) is 26.6. The molecule has 5 rings (SSSR count). The van der Waals surface area contributed by atoms with Gasteiger partial charge in [-0.2, -0.15) is 0 Å². The molecule has 0 bridgehead atoms. The minimum absolute atomic E-state index is 0.0138. The fourth-order valence-electron chi connectivity index (χ4n) is 4.12. The number of furan rings is 1. The topological polar surface area (TPSA) is 106 Å². The van der Waals surface area contributed by atoms with E-state index in [1.807, 2.05) is 6.92 Å². The highest BCUT2D eigenvalue weighted by molar-refractivity contribution is 8.00. The van der Waals surface area contributed by atoms with Crippen LogP contribution in [0.25, 0.3) is 0 Å². The number of aliphatic hydroxyl groups is 1. The van der Waals surface area contributed by atoms with Crippen molar-refractivity contribution in [3.63, 3.8) is 0 Å². The standard InChI is InChI=1S/C28H24FN3O5S2/c1-3-13-36-20-6-4-5-18(14-20)23-22(24(33)21-12-7-16(2)37-21)25(34)26(35)32(23)27-30-31-28(39-27)38-15-17-8-10-19(29)11-9-17/h4-12,14,23,34H,3,13,15H2,1-2H3. The molecule has 2 aromatic carbocycles. The summed E-state index contributed by atoms with van der Waals surface area (Å²) in [5.41, 5.74) is 1.35. The highest BCUT2D eigenvalue weighted by Gasteiger charge is 2.46. The predicted molar refractivity (Wildman–Crippen MR) is 146 cm³/mol. The lowest BCUT2D eigenvalue weighted by atomic mass is 9.95. The number of aliphatic hydroxyl groups excluding tert-OH is 1. The number of benzene rings is 2. The van der Waals surface area contributed by atoms with Crippen molar-refractivity contribution in [2.75, 3.05) is 11.5 Å². The van der Waals surface area contributed by atoms with E-state index >= 15 is 0 Å². The Bertz CT molecular complexity index is 1550. The van der Waals surface area contributed by atoms with Crippen LogP contribution in [0.2, 0.25) is 0 Å². The highest BCUT2D eigenvalue weighted by atomic mass is 32.2. The van der Waals surface area contributed by atoms with Gasteiger partial charge in [0.2, 0.25) is 10.9 Å². The van der Waals surface area contributed by atoms with Crippen LogP contribution >= 0.6 is 23.1 Å². The number of aromatic nitrogens is 2. The van der Waals surface area contributed by atoms with E-state index in [0.29, 0.717) is 33.8 Å².